The Bertz CT molecular complexity index is 775. The molecule has 0 saturated carbocycles. The Kier molecular flexibility index (Phi) is 2.68. The molecular weight excluding hydrogens is 272 g/mol. The molecule has 0 unspecified atom stereocenters. The molecule has 0 spiro atoms. The van der Waals surface area contributed by atoms with Crippen LogP contribution < -0.4 is 0 Å². The molecule has 0 amide bonds. The second-order valence-corrected chi connectivity index (χ2v) is 5.77. The largest absolute Gasteiger partial charge is 0.372 e. The fourth-order valence-electron chi connectivity index (χ4n) is 2.47. The molecule has 1 aliphatic heterocycles. The van der Waals surface area contributed by atoms with Gasteiger partial charge in [0, 0.05) is 23.3 Å². The number of carbonyl (C=O) groups excluding carboxylic acids is 1. The number of ether oxygens (including phenoxy) is 1. The maximum atomic E-state index is 12.3. The molecule has 2 aromatic heterocycles. The number of rotatable bonds is 3. The summed E-state index contributed by atoms with van der Waals surface area (Å²) in [6, 6.07) is 5.82. The Morgan fingerprint density at radius 1 is 1.35 bits per heavy atom. The maximum Gasteiger partial charge on any atom is 0.193 e. The van der Waals surface area contributed by atoms with Crippen molar-refractivity contribution in [2.75, 3.05) is 0 Å². The zero-order valence-corrected chi connectivity index (χ0v) is 11.5. The smallest absolute Gasteiger partial charge is 0.193 e. The lowest BCUT2D eigenvalue weighted by Gasteiger charge is -2.02. The van der Waals surface area contributed by atoms with E-state index in [1.807, 2.05) is 40.4 Å². The molecule has 1 aromatic carbocycles. The van der Waals surface area contributed by atoms with Gasteiger partial charge in [-0.15, -0.1) is 11.3 Å². The van der Waals surface area contributed by atoms with Crippen LogP contribution in [0.25, 0.3) is 4.96 Å². The van der Waals surface area contributed by atoms with Gasteiger partial charge in [-0.2, -0.15) is 0 Å². The van der Waals surface area contributed by atoms with Crippen molar-refractivity contribution in [2.24, 2.45) is 0 Å². The van der Waals surface area contributed by atoms with E-state index in [1.165, 1.54) is 5.56 Å². The van der Waals surface area contributed by atoms with Gasteiger partial charge in [-0.3, -0.25) is 9.20 Å². The van der Waals surface area contributed by atoms with E-state index in [0.29, 0.717) is 19.6 Å². The molecule has 0 N–H and O–H groups in total. The minimum atomic E-state index is 0.102. The highest BCUT2D eigenvalue weighted by atomic mass is 32.1. The van der Waals surface area contributed by atoms with Crippen molar-refractivity contribution in [3.8, 4) is 0 Å². The van der Waals surface area contributed by atoms with E-state index in [2.05, 4.69) is 4.98 Å². The summed E-state index contributed by atoms with van der Waals surface area (Å²) in [6.07, 6.45) is 4.21. The summed E-state index contributed by atoms with van der Waals surface area (Å²) in [5.41, 5.74) is 3.87. The van der Waals surface area contributed by atoms with Gasteiger partial charge in [0.15, 0.2) is 10.7 Å². The Labute approximate surface area is 119 Å². The molecule has 20 heavy (non-hydrogen) atoms. The molecule has 0 aliphatic carbocycles. The second kappa shape index (κ2) is 4.54. The van der Waals surface area contributed by atoms with Crippen LogP contribution >= 0.6 is 11.3 Å². The Morgan fingerprint density at radius 2 is 2.25 bits per heavy atom. The molecule has 100 valence electrons. The molecule has 3 aromatic rings. The summed E-state index contributed by atoms with van der Waals surface area (Å²) >= 11 is 1.57. The van der Waals surface area contributed by atoms with E-state index in [1.54, 1.807) is 11.3 Å². The molecule has 0 atom stereocenters. The van der Waals surface area contributed by atoms with Gasteiger partial charge in [0.2, 0.25) is 0 Å². The number of thiazole rings is 1. The number of ketones is 1. The number of carbonyl (C=O) groups is 1. The molecule has 5 heteroatoms. The summed E-state index contributed by atoms with van der Waals surface area (Å²) < 4.78 is 7.32. The molecule has 3 heterocycles. The monoisotopic (exact) mass is 284 g/mol. The van der Waals surface area contributed by atoms with Gasteiger partial charge in [0.05, 0.1) is 25.3 Å². The van der Waals surface area contributed by atoms with E-state index < -0.39 is 0 Å². The zero-order chi connectivity index (χ0) is 13.5. The van der Waals surface area contributed by atoms with Crippen LogP contribution in [0.4, 0.5) is 0 Å². The molecule has 0 radical (unpaired) electrons. The van der Waals surface area contributed by atoms with Crippen LogP contribution in [0.1, 0.15) is 27.2 Å². The Hall–Kier alpha value is -1.98. The third-order valence-electron chi connectivity index (χ3n) is 3.53. The highest BCUT2D eigenvalue weighted by molar-refractivity contribution is 7.15. The summed E-state index contributed by atoms with van der Waals surface area (Å²) in [6.45, 7) is 1.26. The number of aromatic nitrogens is 2. The summed E-state index contributed by atoms with van der Waals surface area (Å²) in [7, 11) is 0. The number of nitrogens with zero attached hydrogens (tertiary/aromatic N) is 2. The lowest BCUT2D eigenvalue weighted by molar-refractivity contribution is 0.0992. The van der Waals surface area contributed by atoms with Crippen molar-refractivity contribution in [1.82, 2.24) is 9.38 Å². The summed E-state index contributed by atoms with van der Waals surface area (Å²) in [5, 5.41) is 1.98. The van der Waals surface area contributed by atoms with Crippen LogP contribution in [0.2, 0.25) is 0 Å². The Balaban J connectivity index is 1.59. The van der Waals surface area contributed by atoms with Gasteiger partial charge in [-0.05, 0) is 17.2 Å². The normalized spacial score (nSPS) is 13.8. The van der Waals surface area contributed by atoms with Crippen LogP contribution in [-0.4, -0.2) is 15.2 Å². The molecule has 0 saturated heterocycles. The Morgan fingerprint density at radius 3 is 3.15 bits per heavy atom. The van der Waals surface area contributed by atoms with Gasteiger partial charge in [0.25, 0.3) is 0 Å². The first-order valence-corrected chi connectivity index (χ1v) is 7.31. The first-order chi connectivity index (χ1) is 9.79. The van der Waals surface area contributed by atoms with Crippen molar-refractivity contribution in [2.45, 2.75) is 19.6 Å². The number of benzene rings is 1. The molecule has 0 bridgehead atoms. The molecule has 4 nitrogen and oxygen atoms in total. The first kappa shape index (κ1) is 11.8. The number of fused-ring (bicyclic) bond motifs is 2. The predicted molar refractivity (Wildman–Crippen MR) is 76.0 cm³/mol. The standard InChI is InChI=1S/C15H12N2O2S/c18-14(6-13-7-17-3-4-20-15(17)16-13)10-1-2-11-8-19-9-12(11)5-10/h1-5,7H,6,8-9H2. The average molecular weight is 284 g/mol. The SMILES string of the molecule is O=C(Cc1cn2ccsc2n1)c1ccc2c(c1)COC2. The van der Waals surface area contributed by atoms with Gasteiger partial charge in [-0.1, -0.05) is 12.1 Å². The number of imidazole rings is 1. The highest BCUT2D eigenvalue weighted by Crippen LogP contribution is 2.22. The minimum Gasteiger partial charge on any atom is -0.372 e. The lowest BCUT2D eigenvalue weighted by Crippen LogP contribution is -2.04. The van der Waals surface area contributed by atoms with Crippen LogP contribution in [0.3, 0.4) is 0 Å². The van der Waals surface area contributed by atoms with Crippen molar-refractivity contribution in [3.63, 3.8) is 0 Å². The first-order valence-electron chi connectivity index (χ1n) is 6.43. The van der Waals surface area contributed by atoms with Crippen molar-refractivity contribution in [3.05, 3.63) is 58.4 Å². The fraction of sp³-hybridized carbons (Fsp3) is 0.200. The average Bonchev–Trinajstić information content (AvgIpc) is 3.11. The van der Waals surface area contributed by atoms with E-state index in [-0.39, 0.29) is 5.78 Å². The molecule has 0 fully saturated rings. The van der Waals surface area contributed by atoms with Crippen LogP contribution in [0.5, 0.6) is 0 Å². The lowest BCUT2D eigenvalue weighted by atomic mass is 10.0. The van der Waals surface area contributed by atoms with Crippen molar-refractivity contribution < 1.29 is 9.53 Å². The van der Waals surface area contributed by atoms with Gasteiger partial charge in [0.1, 0.15) is 0 Å². The number of hydrogen-bond acceptors (Lipinski definition) is 4. The van der Waals surface area contributed by atoms with Crippen LogP contribution in [-0.2, 0) is 24.4 Å². The molecule has 1 aliphatic rings. The second-order valence-electron chi connectivity index (χ2n) is 4.90. The van der Waals surface area contributed by atoms with E-state index in [9.17, 15) is 4.79 Å². The number of Topliss-reactive ketones (excluding diaryl/α,β-unsaturated/α-hetero) is 1. The van der Waals surface area contributed by atoms with Gasteiger partial charge >= 0.3 is 0 Å². The predicted octanol–water partition coefficient (Wildman–Crippen LogP) is 2.85. The number of hydrogen-bond donors (Lipinski definition) is 0. The van der Waals surface area contributed by atoms with Crippen molar-refractivity contribution in [1.29, 1.82) is 0 Å². The highest BCUT2D eigenvalue weighted by Gasteiger charge is 2.15. The fourth-order valence-corrected chi connectivity index (χ4v) is 3.19. The molecule has 4 rings (SSSR count). The van der Waals surface area contributed by atoms with E-state index in [0.717, 1.165) is 21.8 Å². The third kappa shape index (κ3) is 1.95. The topological polar surface area (TPSA) is 43.6 Å². The van der Waals surface area contributed by atoms with E-state index >= 15 is 0 Å². The molecular formula is C15H12N2O2S. The van der Waals surface area contributed by atoms with Crippen molar-refractivity contribution >= 4 is 22.1 Å². The third-order valence-corrected chi connectivity index (χ3v) is 4.30. The van der Waals surface area contributed by atoms with Crippen LogP contribution in [0.15, 0.2) is 36.0 Å². The zero-order valence-electron chi connectivity index (χ0n) is 10.7. The summed E-state index contributed by atoms with van der Waals surface area (Å²) in [4.78, 5) is 17.7. The maximum absolute atomic E-state index is 12.3. The minimum absolute atomic E-state index is 0.102. The van der Waals surface area contributed by atoms with Crippen LogP contribution in [0, 0.1) is 0 Å². The van der Waals surface area contributed by atoms with Gasteiger partial charge in [-0.25, -0.2) is 4.98 Å². The van der Waals surface area contributed by atoms with E-state index in [4.69, 9.17) is 4.74 Å². The quantitative estimate of drug-likeness (QED) is 0.695. The summed E-state index contributed by atoms with van der Waals surface area (Å²) in [5.74, 6) is 0.102. The van der Waals surface area contributed by atoms with Gasteiger partial charge < -0.3 is 4.74 Å².